The van der Waals surface area contributed by atoms with E-state index >= 15 is 0 Å². The number of imidazole rings is 1. The van der Waals surface area contributed by atoms with Gasteiger partial charge in [-0.05, 0) is 57.8 Å². The Hall–Kier alpha value is -2.21. The fourth-order valence-electron chi connectivity index (χ4n) is 4.59. The van der Waals surface area contributed by atoms with Crippen molar-refractivity contribution in [1.82, 2.24) is 25.3 Å². The third-order valence-corrected chi connectivity index (χ3v) is 6.53. The van der Waals surface area contributed by atoms with Gasteiger partial charge in [-0.1, -0.05) is 55.2 Å². The van der Waals surface area contributed by atoms with Crippen molar-refractivity contribution in [1.29, 1.82) is 0 Å². The molecule has 1 fully saturated rings. The minimum Gasteiger partial charge on any atom is -0.315 e. The van der Waals surface area contributed by atoms with E-state index in [1.807, 2.05) is 0 Å². The minimum atomic E-state index is 0.766. The van der Waals surface area contributed by atoms with Crippen molar-refractivity contribution in [2.45, 2.75) is 64.5 Å². The van der Waals surface area contributed by atoms with E-state index in [2.05, 4.69) is 75.9 Å². The van der Waals surface area contributed by atoms with Gasteiger partial charge in [0.25, 0.3) is 0 Å². The molecular formula is C27H39N5. The molecule has 4 rings (SSSR count). The number of fused-ring (bicyclic) bond motifs is 1. The first-order chi connectivity index (χ1) is 15.8. The number of unbranched alkanes of at least 4 members (excludes halogenated alkanes) is 1. The molecule has 0 saturated heterocycles. The second-order valence-corrected chi connectivity index (χ2v) is 9.16. The summed E-state index contributed by atoms with van der Waals surface area (Å²) in [7, 11) is 0. The van der Waals surface area contributed by atoms with Gasteiger partial charge in [0, 0.05) is 43.1 Å². The smallest absolute Gasteiger partial charge is 0.137 e. The molecule has 0 radical (unpaired) electrons. The van der Waals surface area contributed by atoms with Crippen LogP contribution < -0.4 is 16.0 Å². The van der Waals surface area contributed by atoms with E-state index < -0.39 is 0 Å². The summed E-state index contributed by atoms with van der Waals surface area (Å²) in [5, 5.41) is 10.9. The van der Waals surface area contributed by atoms with Crippen molar-refractivity contribution < 1.29 is 0 Å². The third-order valence-electron chi connectivity index (χ3n) is 6.53. The number of nitrogens with zero attached hydrogens (tertiary/aromatic N) is 2. The number of hydrogen-bond donors (Lipinski definition) is 3. The maximum atomic E-state index is 4.82. The maximum absolute atomic E-state index is 4.82. The summed E-state index contributed by atoms with van der Waals surface area (Å²) in [4.78, 5) is 4.82. The molecule has 2 aromatic heterocycles. The molecule has 0 unspecified atom stereocenters. The molecule has 0 aliphatic heterocycles. The fraction of sp³-hybridized carbons (Fsp3) is 0.519. The summed E-state index contributed by atoms with van der Waals surface area (Å²) >= 11 is 0. The lowest BCUT2D eigenvalue weighted by Crippen LogP contribution is -2.36. The van der Waals surface area contributed by atoms with Gasteiger partial charge in [0.15, 0.2) is 0 Å². The molecule has 3 aromatic rings. The first kappa shape index (κ1) is 23.0. The van der Waals surface area contributed by atoms with Gasteiger partial charge >= 0.3 is 0 Å². The molecule has 1 aliphatic rings. The normalized spacial score (nSPS) is 14.9. The summed E-state index contributed by atoms with van der Waals surface area (Å²) in [6, 6.07) is 15.7. The van der Waals surface area contributed by atoms with Gasteiger partial charge in [-0.25, -0.2) is 4.98 Å². The van der Waals surface area contributed by atoms with Crippen LogP contribution >= 0.6 is 0 Å². The average molecular weight is 434 g/mol. The summed E-state index contributed by atoms with van der Waals surface area (Å²) in [5.41, 5.74) is 5.72. The molecular weight excluding hydrogens is 394 g/mol. The minimum absolute atomic E-state index is 0.766. The van der Waals surface area contributed by atoms with Crippen LogP contribution in [0.5, 0.6) is 0 Å². The highest BCUT2D eigenvalue weighted by Gasteiger charge is 2.11. The standard InChI is InChI=1S/C27H39N5/c1-22-12-14-23(15-13-22)26-21-32-25(10-7-11-27(32)31-26)20-29-17-6-5-16-28-18-19-30-24-8-3-2-4-9-24/h7,10-15,21,24,28-30H,2-6,8-9,16-20H2,1H3. The lowest BCUT2D eigenvalue weighted by Gasteiger charge is -2.22. The van der Waals surface area contributed by atoms with E-state index in [1.54, 1.807) is 0 Å². The van der Waals surface area contributed by atoms with Crippen molar-refractivity contribution in [3.8, 4) is 11.3 Å². The molecule has 1 aromatic carbocycles. The molecule has 1 saturated carbocycles. The summed E-state index contributed by atoms with van der Waals surface area (Å²) in [6.07, 6.45) is 11.5. The van der Waals surface area contributed by atoms with Gasteiger partial charge in [0.05, 0.1) is 5.69 Å². The van der Waals surface area contributed by atoms with Crippen LogP contribution in [0.3, 0.4) is 0 Å². The first-order valence-corrected chi connectivity index (χ1v) is 12.5. The number of rotatable bonds is 12. The van der Waals surface area contributed by atoms with Crippen molar-refractivity contribution in [3.63, 3.8) is 0 Å². The van der Waals surface area contributed by atoms with E-state index in [0.717, 1.165) is 50.1 Å². The Labute approximate surface area is 193 Å². The monoisotopic (exact) mass is 433 g/mol. The van der Waals surface area contributed by atoms with Crippen LogP contribution in [-0.2, 0) is 6.54 Å². The second kappa shape index (κ2) is 12.1. The molecule has 1 aliphatic carbocycles. The Kier molecular flexibility index (Phi) is 8.71. The molecule has 32 heavy (non-hydrogen) atoms. The quantitative estimate of drug-likeness (QED) is 0.363. The fourth-order valence-corrected chi connectivity index (χ4v) is 4.59. The molecule has 0 spiro atoms. The van der Waals surface area contributed by atoms with Crippen LogP contribution in [0, 0.1) is 6.92 Å². The number of aromatic nitrogens is 2. The lowest BCUT2D eigenvalue weighted by atomic mass is 9.95. The largest absolute Gasteiger partial charge is 0.315 e. The Bertz CT molecular complexity index is 940. The zero-order valence-corrected chi connectivity index (χ0v) is 19.6. The van der Waals surface area contributed by atoms with Crippen molar-refractivity contribution in [2.75, 3.05) is 26.2 Å². The highest BCUT2D eigenvalue weighted by molar-refractivity contribution is 5.63. The van der Waals surface area contributed by atoms with Crippen molar-refractivity contribution in [3.05, 3.63) is 59.9 Å². The van der Waals surface area contributed by atoms with Crippen LogP contribution in [-0.4, -0.2) is 41.6 Å². The molecule has 172 valence electrons. The van der Waals surface area contributed by atoms with E-state index in [-0.39, 0.29) is 0 Å². The van der Waals surface area contributed by atoms with Gasteiger partial charge < -0.3 is 20.4 Å². The topological polar surface area (TPSA) is 53.4 Å². The van der Waals surface area contributed by atoms with E-state index in [0.29, 0.717) is 0 Å². The van der Waals surface area contributed by atoms with Crippen LogP contribution in [0.15, 0.2) is 48.7 Å². The maximum Gasteiger partial charge on any atom is 0.137 e. The summed E-state index contributed by atoms with van der Waals surface area (Å²) in [6.45, 7) is 7.30. The molecule has 0 bridgehead atoms. The highest BCUT2D eigenvalue weighted by Crippen LogP contribution is 2.21. The molecule has 0 amide bonds. The van der Waals surface area contributed by atoms with E-state index in [4.69, 9.17) is 4.98 Å². The molecule has 0 atom stereocenters. The van der Waals surface area contributed by atoms with Crippen LogP contribution in [0.1, 0.15) is 56.2 Å². The van der Waals surface area contributed by atoms with Gasteiger partial charge in [-0.3, -0.25) is 0 Å². The van der Waals surface area contributed by atoms with Crippen LogP contribution in [0.4, 0.5) is 0 Å². The Balaban J connectivity index is 1.13. The second-order valence-electron chi connectivity index (χ2n) is 9.16. The van der Waals surface area contributed by atoms with Gasteiger partial charge in [0.1, 0.15) is 5.65 Å². The lowest BCUT2D eigenvalue weighted by molar-refractivity contribution is 0.372. The molecule has 2 heterocycles. The van der Waals surface area contributed by atoms with Crippen LogP contribution in [0.2, 0.25) is 0 Å². The van der Waals surface area contributed by atoms with Gasteiger partial charge in [-0.15, -0.1) is 0 Å². The zero-order chi connectivity index (χ0) is 22.0. The molecule has 5 nitrogen and oxygen atoms in total. The Morgan fingerprint density at radius 2 is 1.66 bits per heavy atom. The Morgan fingerprint density at radius 1 is 0.875 bits per heavy atom. The van der Waals surface area contributed by atoms with E-state index in [9.17, 15) is 0 Å². The van der Waals surface area contributed by atoms with Crippen molar-refractivity contribution in [2.24, 2.45) is 0 Å². The van der Waals surface area contributed by atoms with E-state index in [1.165, 1.54) is 61.8 Å². The first-order valence-electron chi connectivity index (χ1n) is 12.5. The molecule has 5 heteroatoms. The SMILES string of the molecule is Cc1ccc(-c2cn3c(CNCCCCNCCNC4CCCCC4)cccc3n2)cc1. The van der Waals surface area contributed by atoms with Gasteiger partial charge in [0.2, 0.25) is 0 Å². The predicted octanol–water partition coefficient (Wildman–Crippen LogP) is 4.69. The predicted molar refractivity (Wildman–Crippen MR) is 134 cm³/mol. The Morgan fingerprint density at radius 3 is 2.47 bits per heavy atom. The number of aryl methyl sites for hydroxylation is 1. The highest BCUT2D eigenvalue weighted by atomic mass is 15.0. The number of hydrogen-bond acceptors (Lipinski definition) is 4. The third kappa shape index (κ3) is 6.64. The van der Waals surface area contributed by atoms with Crippen LogP contribution in [0.25, 0.3) is 16.9 Å². The van der Waals surface area contributed by atoms with Gasteiger partial charge in [-0.2, -0.15) is 0 Å². The average Bonchev–Trinajstić information content (AvgIpc) is 3.26. The van der Waals surface area contributed by atoms with Crippen molar-refractivity contribution >= 4 is 5.65 Å². The number of pyridine rings is 1. The number of benzene rings is 1. The summed E-state index contributed by atoms with van der Waals surface area (Å²) in [5.74, 6) is 0. The summed E-state index contributed by atoms with van der Waals surface area (Å²) < 4.78 is 2.21. The molecule has 3 N–H and O–H groups in total. The zero-order valence-electron chi connectivity index (χ0n) is 19.6. The number of nitrogens with one attached hydrogen (secondary N) is 3.